The number of anilines is 1. The molecule has 1 heterocycles. The Hall–Kier alpha value is -2.57. The van der Waals surface area contributed by atoms with E-state index < -0.39 is 17.6 Å². The molecule has 0 spiro atoms. The first kappa shape index (κ1) is 13.9. The number of carbonyl (C=O) groups is 1. The fourth-order valence-electron chi connectivity index (χ4n) is 1.62. The lowest BCUT2D eigenvalue weighted by Gasteiger charge is -2.06. The number of halogens is 2. The maximum Gasteiger partial charge on any atom is 0.343 e. The summed E-state index contributed by atoms with van der Waals surface area (Å²) in [5, 5.41) is 0. The van der Waals surface area contributed by atoms with Crippen LogP contribution in [0.15, 0.2) is 24.4 Å². The van der Waals surface area contributed by atoms with Gasteiger partial charge in [0.1, 0.15) is 28.8 Å². The van der Waals surface area contributed by atoms with Crippen LogP contribution in [0.25, 0.3) is 0 Å². The molecule has 0 aliphatic carbocycles. The highest BCUT2D eigenvalue weighted by molar-refractivity contribution is 5.93. The molecule has 0 aliphatic rings. The molecular formula is C13H11F2N3O2. The van der Waals surface area contributed by atoms with Crippen molar-refractivity contribution in [3.63, 3.8) is 0 Å². The third-order valence-electron chi connectivity index (χ3n) is 2.64. The second-order valence-electron chi connectivity index (χ2n) is 3.99. The SMILES string of the molecule is COC(=O)c1cnc(Cc2ccc(F)cc2F)nc1N. The third kappa shape index (κ3) is 2.87. The summed E-state index contributed by atoms with van der Waals surface area (Å²) >= 11 is 0. The highest BCUT2D eigenvalue weighted by atomic mass is 19.1. The van der Waals surface area contributed by atoms with Gasteiger partial charge in [-0.2, -0.15) is 0 Å². The first-order chi connectivity index (χ1) is 9.51. The molecule has 1 aromatic carbocycles. The fourth-order valence-corrected chi connectivity index (χ4v) is 1.62. The minimum absolute atomic E-state index is 0.0378. The number of rotatable bonds is 3. The minimum Gasteiger partial charge on any atom is -0.465 e. The number of ether oxygens (including phenoxy) is 1. The van der Waals surface area contributed by atoms with Crippen molar-refractivity contribution in [1.82, 2.24) is 9.97 Å². The molecule has 2 rings (SSSR count). The van der Waals surface area contributed by atoms with Crippen molar-refractivity contribution < 1.29 is 18.3 Å². The van der Waals surface area contributed by atoms with Gasteiger partial charge >= 0.3 is 5.97 Å². The Bertz CT molecular complexity index is 662. The summed E-state index contributed by atoms with van der Waals surface area (Å²) in [5.74, 6) is -1.83. The van der Waals surface area contributed by atoms with Gasteiger partial charge in [0.2, 0.25) is 0 Å². The Morgan fingerprint density at radius 3 is 2.75 bits per heavy atom. The molecule has 0 fully saturated rings. The van der Waals surface area contributed by atoms with Crippen molar-refractivity contribution in [2.75, 3.05) is 12.8 Å². The van der Waals surface area contributed by atoms with Gasteiger partial charge in [0, 0.05) is 18.7 Å². The number of hydrogen-bond acceptors (Lipinski definition) is 5. The van der Waals surface area contributed by atoms with Crippen LogP contribution in [0.3, 0.4) is 0 Å². The summed E-state index contributed by atoms with van der Waals surface area (Å²) in [7, 11) is 1.21. The van der Waals surface area contributed by atoms with Gasteiger partial charge in [-0.25, -0.2) is 23.5 Å². The van der Waals surface area contributed by atoms with Gasteiger partial charge in [0.05, 0.1) is 7.11 Å². The van der Waals surface area contributed by atoms with Crippen LogP contribution in [0.2, 0.25) is 0 Å². The van der Waals surface area contributed by atoms with Crippen LogP contribution < -0.4 is 5.73 Å². The van der Waals surface area contributed by atoms with Gasteiger partial charge in [0.25, 0.3) is 0 Å². The maximum atomic E-state index is 13.5. The van der Waals surface area contributed by atoms with Crippen LogP contribution in [0.1, 0.15) is 21.7 Å². The number of nitrogen functional groups attached to an aromatic ring is 1. The zero-order valence-electron chi connectivity index (χ0n) is 10.6. The zero-order valence-corrected chi connectivity index (χ0v) is 10.6. The van der Waals surface area contributed by atoms with Crippen LogP contribution in [0, 0.1) is 11.6 Å². The topological polar surface area (TPSA) is 78.1 Å². The monoisotopic (exact) mass is 279 g/mol. The summed E-state index contributed by atoms with van der Waals surface area (Å²) in [5.41, 5.74) is 5.88. The van der Waals surface area contributed by atoms with E-state index in [1.807, 2.05) is 0 Å². The molecule has 0 saturated carbocycles. The summed E-state index contributed by atoms with van der Waals surface area (Å²) in [6.45, 7) is 0. The van der Waals surface area contributed by atoms with Crippen LogP contribution in [-0.2, 0) is 11.2 Å². The van der Waals surface area contributed by atoms with E-state index in [2.05, 4.69) is 14.7 Å². The van der Waals surface area contributed by atoms with Gasteiger partial charge in [-0.05, 0) is 11.6 Å². The van der Waals surface area contributed by atoms with Gasteiger partial charge in [-0.1, -0.05) is 6.07 Å². The second kappa shape index (κ2) is 5.60. The molecule has 1 aromatic heterocycles. The fraction of sp³-hybridized carbons (Fsp3) is 0.154. The molecule has 0 saturated heterocycles. The summed E-state index contributed by atoms with van der Waals surface area (Å²) in [6, 6.07) is 3.23. The van der Waals surface area contributed by atoms with Crippen molar-refractivity contribution in [2.45, 2.75) is 6.42 Å². The molecule has 0 radical (unpaired) electrons. The van der Waals surface area contributed by atoms with E-state index in [1.54, 1.807) is 0 Å². The number of aromatic nitrogens is 2. The highest BCUT2D eigenvalue weighted by Gasteiger charge is 2.14. The first-order valence-electron chi connectivity index (χ1n) is 5.65. The van der Waals surface area contributed by atoms with Gasteiger partial charge in [-0.3, -0.25) is 0 Å². The van der Waals surface area contributed by atoms with E-state index in [4.69, 9.17) is 5.73 Å². The van der Waals surface area contributed by atoms with Crippen molar-refractivity contribution in [3.05, 3.63) is 53.0 Å². The Morgan fingerprint density at radius 1 is 1.40 bits per heavy atom. The molecule has 2 aromatic rings. The summed E-state index contributed by atoms with van der Waals surface area (Å²) < 4.78 is 30.8. The number of methoxy groups -OCH3 is 1. The number of nitrogens with zero attached hydrogens (tertiary/aromatic N) is 2. The van der Waals surface area contributed by atoms with Crippen molar-refractivity contribution in [3.8, 4) is 0 Å². The van der Waals surface area contributed by atoms with Gasteiger partial charge in [0.15, 0.2) is 0 Å². The molecule has 0 bridgehead atoms. The molecule has 7 heteroatoms. The Labute approximate surface area is 113 Å². The molecule has 104 valence electrons. The number of benzene rings is 1. The average molecular weight is 279 g/mol. The summed E-state index contributed by atoms with van der Waals surface area (Å²) in [6.07, 6.45) is 1.25. The number of nitrogens with two attached hydrogens (primary N) is 1. The molecule has 0 atom stereocenters. The van der Waals surface area contributed by atoms with Crippen LogP contribution in [0.4, 0.5) is 14.6 Å². The van der Waals surface area contributed by atoms with E-state index >= 15 is 0 Å². The standard InChI is InChI=1S/C13H11F2N3O2/c1-20-13(19)9-6-17-11(18-12(9)16)4-7-2-3-8(14)5-10(7)15/h2-3,5-6H,4H2,1H3,(H2,16,17,18). The van der Waals surface area contributed by atoms with Crippen molar-refractivity contribution >= 4 is 11.8 Å². The maximum absolute atomic E-state index is 13.5. The molecule has 20 heavy (non-hydrogen) atoms. The van der Waals surface area contributed by atoms with Crippen LogP contribution >= 0.6 is 0 Å². The molecule has 0 unspecified atom stereocenters. The van der Waals surface area contributed by atoms with Gasteiger partial charge in [-0.15, -0.1) is 0 Å². The van der Waals surface area contributed by atoms with E-state index in [1.165, 1.54) is 19.4 Å². The lowest BCUT2D eigenvalue weighted by atomic mass is 10.1. The minimum atomic E-state index is -0.691. The quantitative estimate of drug-likeness (QED) is 0.865. The lowest BCUT2D eigenvalue weighted by Crippen LogP contribution is -2.10. The molecule has 0 amide bonds. The number of hydrogen-bond donors (Lipinski definition) is 1. The Kier molecular flexibility index (Phi) is 3.88. The van der Waals surface area contributed by atoms with Crippen LogP contribution in [0.5, 0.6) is 0 Å². The Morgan fingerprint density at radius 2 is 2.15 bits per heavy atom. The highest BCUT2D eigenvalue weighted by Crippen LogP contribution is 2.15. The zero-order chi connectivity index (χ0) is 14.7. The average Bonchev–Trinajstić information content (AvgIpc) is 2.41. The van der Waals surface area contributed by atoms with Gasteiger partial charge < -0.3 is 10.5 Å². The summed E-state index contributed by atoms with van der Waals surface area (Å²) in [4.78, 5) is 19.1. The molecule has 5 nitrogen and oxygen atoms in total. The van der Waals surface area contributed by atoms with E-state index in [-0.39, 0.29) is 29.2 Å². The number of carbonyl (C=O) groups excluding carboxylic acids is 1. The molecule has 2 N–H and O–H groups in total. The predicted molar refractivity (Wildman–Crippen MR) is 66.9 cm³/mol. The molecular weight excluding hydrogens is 268 g/mol. The molecule has 0 aliphatic heterocycles. The van der Waals surface area contributed by atoms with Crippen molar-refractivity contribution in [2.24, 2.45) is 0 Å². The second-order valence-corrected chi connectivity index (χ2v) is 3.99. The first-order valence-corrected chi connectivity index (χ1v) is 5.65. The van der Waals surface area contributed by atoms with Crippen molar-refractivity contribution in [1.29, 1.82) is 0 Å². The normalized spacial score (nSPS) is 10.3. The third-order valence-corrected chi connectivity index (χ3v) is 2.64. The predicted octanol–water partition coefficient (Wildman–Crippen LogP) is 1.71. The van der Waals surface area contributed by atoms with E-state index in [0.29, 0.717) is 0 Å². The smallest absolute Gasteiger partial charge is 0.343 e. The van der Waals surface area contributed by atoms with E-state index in [0.717, 1.165) is 12.1 Å². The Balaban J connectivity index is 2.26. The lowest BCUT2D eigenvalue weighted by molar-refractivity contribution is 0.0601. The largest absolute Gasteiger partial charge is 0.465 e. The van der Waals surface area contributed by atoms with E-state index in [9.17, 15) is 13.6 Å². The number of esters is 1. The van der Waals surface area contributed by atoms with Crippen LogP contribution in [-0.4, -0.2) is 23.0 Å².